The average molecular weight is 309 g/mol. The van der Waals surface area contributed by atoms with Gasteiger partial charge in [0.1, 0.15) is 11.6 Å². The summed E-state index contributed by atoms with van der Waals surface area (Å²) in [7, 11) is 0. The van der Waals surface area contributed by atoms with Crippen molar-refractivity contribution in [2.75, 3.05) is 0 Å². The Morgan fingerprint density at radius 2 is 1.65 bits per heavy atom. The molecule has 1 rings (SSSR count). The second kappa shape index (κ2) is 7.88. The summed E-state index contributed by atoms with van der Waals surface area (Å²) in [4.78, 5) is 0. The summed E-state index contributed by atoms with van der Waals surface area (Å²) in [6.45, 7) is 6.59. The molecule has 0 aliphatic carbocycles. The summed E-state index contributed by atoms with van der Waals surface area (Å²) in [5.74, 6) is 8.68. The number of terminal acetylenes is 1. The predicted octanol–water partition coefficient (Wildman–Crippen LogP) is 2.04. The normalized spacial score (nSPS) is 9.43. The second-order valence-corrected chi connectivity index (χ2v) is 4.71. The Kier molecular flexibility index (Phi) is 6.20. The van der Waals surface area contributed by atoms with Crippen molar-refractivity contribution < 1.29 is 8.78 Å². The van der Waals surface area contributed by atoms with E-state index in [2.05, 4.69) is 29.7 Å². The number of allylic oxidation sites excluding steroid dienone is 2. The predicted molar refractivity (Wildman–Crippen MR) is 91.0 cm³/mol. The molecule has 0 radical (unpaired) electrons. The van der Waals surface area contributed by atoms with Crippen molar-refractivity contribution in [2.45, 2.75) is 27.7 Å². The molecule has 23 heavy (non-hydrogen) atoms. The quantitative estimate of drug-likeness (QED) is 0.623. The molecule has 0 aliphatic heterocycles. The van der Waals surface area contributed by atoms with Gasteiger partial charge in [-0.2, -0.15) is 0 Å². The van der Waals surface area contributed by atoms with Gasteiger partial charge >= 0.3 is 0 Å². The van der Waals surface area contributed by atoms with Crippen LogP contribution < -0.4 is 16.2 Å². The zero-order valence-electron chi connectivity index (χ0n) is 13.6. The molecule has 0 atom stereocenters. The Labute approximate surface area is 135 Å². The van der Waals surface area contributed by atoms with E-state index in [4.69, 9.17) is 12.2 Å². The largest absolute Gasteiger partial charge is 0.359 e. The number of benzene rings is 1. The van der Waals surface area contributed by atoms with Crippen LogP contribution >= 0.6 is 0 Å². The molecule has 0 aromatic heterocycles. The first-order valence-electron chi connectivity index (χ1n) is 6.90. The highest BCUT2D eigenvalue weighted by Gasteiger charge is 2.15. The van der Waals surface area contributed by atoms with Gasteiger partial charge in [0, 0.05) is 16.8 Å². The molecule has 1 aromatic carbocycles. The lowest BCUT2D eigenvalue weighted by Gasteiger charge is -2.08. The number of rotatable bonds is 1. The molecule has 1 aromatic rings. The minimum Gasteiger partial charge on any atom is -0.359 e. The Bertz CT molecular complexity index is 915. The molecule has 0 heterocycles. The Morgan fingerprint density at radius 1 is 1.09 bits per heavy atom. The molecule has 2 N–H and O–H groups in total. The highest BCUT2D eigenvalue weighted by Crippen LogP contribution is 2.08. The lowest BCUT2D eigenvalue weighted by atomic mass is 9.98. The van der Waals surface area contributed by atoms with E-state index < -0.39 is 11.6 Å². The molecular weight excluding hydrogens is 292 g/mol. The lowest BCUT2D eigenvalue weighted by Crippen LogP contribution is -2.29. The number of nitrogens with two attached hydrogens (primary N) is 1. The standard InChI is InChI=1S/C20H17F2N/c1-6-9-16(10-7-2)17-13(4)19(21)18(20(22)14(17)5)15(8-3)11-12-23/h3,6,9H,23H2,1-2,4-5H3. The maximum Gasteiger partial charge on any atom is 0.138 e. The highest BCUT2D eigenvalue weighted by molar-refractivity contribution is 5.78. The van der Waals surface area contributed by atoms with Gasteiger partial charge in [-0.05, 0) is 44.7 Å². The fourth-order valence-electron chi connectivity index (χ4n) is 2.33. The van der Waals surface area contributed by atoms with Gasteiger partial charge in [-0.15, -0.1) is 12.3 Å². The highest BCUT2D eigenvalue weighted by atomic mass is 19.1. The van der Waals surface area contributed by atoms with Crippen molar-refractivity contribution >= 4 is 11.1 Å². The molecule has 0 aliphatic rings. The van der Waals surface area contributed by atoms with Crippen LogP contribution in [0.1, 0.15) is 25.0 Å². The van der Waals surface area contributed by atoms with Gasteiger partial charge < -0.3 is 5.73 Å². The summed E-state index contributed by atoms with van der Waals surface area (Å²) < 4.78 is 29.5. The Morgan fingerprint density at radius 3 is 2.04 bits per heavy atom. The van der Waals surface area contributed by atoms with Gasteiger partial charge in [0.15, 0.2) is 0 Å². The summed E-state index contributed by atoms with van der Waals surface area (Å²) >= 11 is 0. The van der Waals surface area contributed by atoms with Crippen LogP contribution in [0.4, 0.5) is 8.78 Å². The van der Waals surface area contributed by atoms with Gasteiger partial charge in [-0.1, -0.05) is 24.0 Å². The van der Waals surface area contributed by atoms with Gasteiger partial charge in [0.2, 0.25) is 0 Å². The minimum absolute atomic E-state index is 0.116. The van der Waals surface area contributed by atoms with Crippen LogP contribution in [0.15, 0.2) is 12.2 Å². The molecule has 0 unspecified atom stereocenters. The smallest absolute Gasteiger partial charge is 0.138 e. The van der Waals surface area contributed by atoms with E-state index in [-0.39, 0.29) is 21.9 Å². The Hall–Kier alpha value is -2.96. The summed E-state index contributed by atoms with van der Waals surface area (Å²) in [6.07, 6.45) is 8.79. The minimum atomic E-state index is -0.751. The maximum atomic E-state index is 14.8. The fraction of sp³-hybridized carbons (Fsp3) is 0.200. The number of hydrogen-bond donors (Lipinski definition) is 1. The van der Waals surface area contributed by atoms with Crippen LogP contribution in [0, 0.1) is 61.6 Å². The summed E-state index contributed by atoms with van der Waals surface area (Å²) in [5, 5.41) is 0.0989. The van der Waals surface area contributed by atoms with Crippen LogP contribution in [-0.2, 0) is 0 Å². The van der Waals surface area contributed by atoms with Crippen LogP contribution in [0.3, 0.4) is 0 Å². The van der Waals surface area contributed by atoms with Gasteiger partial charge in [-0.25, -0.2) is 8.78 Å². The fourth-order valence-corrected chi connectivity index (χ4v) is 2.33. The van der Waals surface area contributed by atoms with Crippen molar-refractivity contribution in [3.8, 4) is 36.1 Å². The van der Waals surface area contributed by atoms with Crippen LogP contribution in [0.25, 0.3) is 11.1 Å². The van der Waals surface area contributed by atoms with Gasteiger partial charge in [-0.3, -0.25) is 0 Å². The molecular formula is C20H17F2N. The van der Waals surface area contributed by atoms with E-state index in [9.17, 15) is 8.78 Å². The third-order valence-corrected chi connectivity index (χ3v) is 3.30. The number of halogens is 2. The third-order valence-electron chi connectivity index (χ3n) is 3.30. The van der Waals surface area contributed by atoms with Crippen LogP contribution in [-0.4, -0.2) is 0 Å². The van der Waals surface area contributed by atoms with Crippen molar-refractivity contribution in [2.24, 2.45) is 5.73 Å². The van der Waals surface area contributed by atoms with Gasteiger partial charge in [0.25, 0.3) is 0 Å². The van der Waals surface area contributed by atoms with E-state index in [0.717, 1.165) is 0 Å². The van der Waals surface area contributed by atoms with Crippen LogP contribution in [0.2, 0.25) is 0 Å². The first kappa shape index (κ1) is 18.1. The monoisotopic (exact) mass is 309 g/mol. The maximum absolute atomic E-state index is 14.8. The van der Waals surface area contributed by atoms with Gasteiger partial charge in [0.05, 0.1) is 10.8 Å². The van der Waals surface area contributed by atoms with Crippen molar-refractivity contribution in [1.82, 2.24) is 0 Å². The molecule has 116 valence electrons. The Balaban J connectivity index is 4.30. The molecule has 0 amide bonds. The third kappa shape index (κ3) is 3.45. The summed E-state index contributed by atoms with van der Waals surface area (Å²) in [5.41, 5.74) is 6.08. The van der Waals surface area contributed by atoms with Crippen molar-refractivity contribution in [3.05, 3.63) is 45.4 Å². The second-order valence-electron chi connectivity index (χ2n) is 4.71. The zero-order chi connectivity index (χ0) is 17.6. The van der Waals surface area contributed by atoms with Crippen molar-refractivity contribution in [3.63, 3.8) is 0 Å². The molecule has 0 saturated carbocycles. The molecule has 0 bridgehead atoms. The van der Waals surface area contributed by atoms with E-state index in [1.54, 1.807) is 32.9 Å². The number of hydrogen-bond acceptors (Lipinski definition) is 1. The zero-order valence-corrected chi connectivity index (χ0v) is 13.6. The first-order chi connectivity index (χ1) is 10.9. The van der Waals surface area contributed by atoms with E-state index in [1.165, 1.54) is 0 Å². The molecule has 1 nitrogen and oxygen atoms in total. The lowest BCUT2D eigenvalue weighted by molar-refractivity contribution is 0.553. The first-order valence-corrected chi connectivity index (χ1v) is 6.90. The summed E-state index contributed by atoms with van der Waals surface area (Å²) in [6, 6.07) is 2.09. The van der Waals surface area contributed by atoms with Crippen LogP contribution in [0.5, 0.6) is 0 Å². The molecule has 0 spiro atoms. The molecule has 0 fully saturated rings. The van der Waals surface area contributed by atoms with E-state index in [1.807, 2.05) is 6.92 Å². The molecule has 3 heteroatoms. The topological polar surface area (TPSA) is 26.0 Å². The SMILES string of the molecule is C#CC(C#CN)=c1c(F)c(C)c(=C(C#CC)C=CC)c(C)c1F. The molecule has 0 saturated heterocycles. The average Bonchev–Trinajstić information content (AvgIpc) is 2.53. The van der Waals surface area contributed by atoms with E-state index in [0.29, 0.717) is 10.8 Å². The van der Waals surface area contributed by atoms with Crippen molar-refractivity contribution in [1.29, 1.82) is 0 Å². The van der Waals surface area contributed by atoms with E-state index >= 15 is 0 Å².